The Bertz CT molecular complexity index is 434. The summed E-state index contributed by atoms with van der Waals surface area (Å²) in [6.45, 7) is 4.81. The summed E-state index contributed by atoms with van der Waals surface area (Å²) in [5.41, 5.74) is 7.87. The molecule has 3 nitrogen and oxygen atoms in total. The van der Waals surface area contributed by atoms with Gasteiger partial charge in [-0.15, -0.1) is 12.4 Å². The van der Waals surface area contributed by atoms with E-state index in [1.807, 2.05) is 43.0 Å². The summed E-state index contributed by atoms with van der Waals surface area (Å²) in [5.74, 6) is 0.134. The minimum Gasteiger partial charge on any atom is -0.334 e. The van der Waals surface area contributed by atoms with Gasteiger partial charge in [0.15, 0.2) is 0 Å². The molecule has 1 aliphatic rings. The van der Waals surface area contributed by atoms with E-state index in [9.17, 15) is 4.79 Å². The second kappa shape index (κ2) is 6.92. The van der Waals surface area contributed by atoms with Crippen molar-refractivity contribution < 1.29 is 4.79 Å². The van der Waals surface area contributed by atoms with Crippen LogP contribution in [0.3, 0.4) is 0 Å². The highest BCUT2D eigenvalue weighted by Crippen LogP contribution is 2.22. The maximum Gasteiger partial charge on any atom is 0.254 e. The third-order valence-electron chi connectivity index (χ3n) is 3.79. The van der Waals surface area contributed by atoms with E-state index < -0.39 is 0 Å². The van der Waals surface area contributed by atoms with E-state index >= 15 is 0 Å². The van der Waals surface area contributed by atoms with Gasteiger partial charge in [0.1, 0.15) is 0 Å². The van der Waals surface area contributed by atoms with Gasteiger partial charge in [0.05, 0.1) is 0 Å². The van der Waals surface area contributed by atoms with Crippen molar-refractivity contribution in [1.29, 1.82) is 0 Å². The van der Waals surface area contributed by atoms with Crippen LogP contribution in [0.5, 0.6) is 0 Å². The first-order valence-electron chi connectivity index (χ1n) is 6.73. The molecule has 1 aromatic carbocycles. The molecule has 0 bridgehead atoms. The molecule has 0 aliphatic carbocycles. The molecule has 2 unspecified atom stereocenters. The quantitative estimate of drug-likeness (QED) is 0.907. The molecule has 0 radical (unpaired) electrons. The molecule has 19 heavy (non-hydrogen) atoms. The van der Waals surface area contributed by atoms with E-state index in [0.29, 0.717) is 0 Å². The van der Waals surface area contributed by atoms with Gasteiger partial charge in [0, 0.05) is 24.2 Å². The van der Waals surface area contributed by atoms with Gasteiger partial charge >= 0.3 is 0 Å². The van der Waals surface area contributed by atoms with E-state index in [4.69, 9.17) is 5.73 Å². The van der Waals surface area contributed by atoms with Crippen LogP contribution in [0.2, 0.25) is 0 Å². The Morgan fingerprint density at radius 3 is 2.68 bits per heavy atom. The third-order valence-corrected chi connectivity index (χ3v) is 3.79. The number of hydrogen-bond donors (Lipinski definition) is 1. The Kier molecular flexibility index (Phi) is 5.83. The summed E-state index contributed by atoms with van der Waals surface area (Å²) >= 11 is 0. The maximum atomic E-state index is 12.6. The predicted molar refractivity (Wildman–Crippen MR) is 80.8 cm³/mol. The first kappa shape index (κ1) is 16.0. The lowest BCUT2D eigenvalue weighted by Crippen LogP contribution is -2.51. The number of halogens is 1. The second-order valence-electron chi connectivity index (χ2n) is 5.24. The monoisotopic (exact) mass is 282 g/mol. The number of benzene rings is 1. The number of likely N-dealkylation sites (tertiary alicyclic amines) is 1. The Balaban J connectivity index is 0.00000180. The number of rotatable bonds is 2. The summed E-state index contributed by atoms with van der Waals surface area (Å²) < 4.78 is 0. The molecular formula is C15H23ClN2O. The molecule has 0 spiro atoms. The van der Waals surface area contributed by atoms with Crippen LogP contribution in [0, 0.1) is 6.92 Å². The van der Waals surface area contributed by atoms with Gasteiger partial charge in [-0.25, -0.2) is 0 Å². The SMILES string of the molecule is Cc1ccccc1C(=O)N1CCCCC1C(C)N.Cl. The fourth-order valence-electron chi connectivity index (χ4n) is 2.72. The number of nitrogens with two attached hydrogens (primary N) is 1. The lowest BCUT2D eigenvalue weighted by molar-refractivity contribution is 0.0583. The lowest BCUT2D eigenvalue weighted by Gasteiger charge is -2.38. The molecule has 0 aromatic heterocycles. The number of carbonyl (C=O) groups excluding carboxylic acids is 1. The standard InChI is InChI=1S/C15H22N2O.ClH/c1-11-7-3-4-8-13(11)15(18)17-10-6-5-9-14(17)12(2)16;/h3-4,7-8,12,14H,5-6,9-10,16H2,1-2H3;1H. The molecule has 2 rings (SSSR count). The average Bonchev–Trinajstić information content (AvgIpc) is 2.38. The highest BCUT2D eigenvalue weighted by molar-refractivity contribution is 5.95. The van der Waals surface area contributed by atoms with Gasteiger partial charge in [-0.05, 0) is 44.7 Å². The summed E-state index contributed by atoms with van der Waals surface area (Å²) in [4.78, 5) is 14.6. The molecule has 1 saturated heterocycles. The molecule has 1 fully saturated rings. The molecule has 2 atom stereocenters. The highest BCUT2D eigenvalue weighted by Gasteiger charge is 2.30. The van der Waals surface area contributed by atoms with Gasteiger partial charge in [0.25, 0.3) is 5.91 Å². The molecule has 4 heteroatoms. The number of hydrogen-bond acceptors (Lipinski definition) is 2. The number of carbonyl (C=O) groups is 1. The van der Waals surface area contributed by atoms with E-state index in [1.54, 1.807) is 0 Å². The lowest BCUT2D eigenvalue weighted by atomic mass is 9.95. The molecule has 1 aromatic rings. The van der Waals surface area contributed by atoms with Crippen molar-refractivity contribution in [2.24, 2.45) is 5.73 Å². The van der Waals surface area contributed by atoms with Crippen molar-refractivity contribution >= 4 is 18.3 Å². The largest absolute Gasteiger partial charge is 0.334 e. The zero-order chi connectivity index (χ0) is 13.1. The first-order chi connectivity index (χ1) is 8.61. The van der Waals surface area contributed by atoms with E-state index in [1.165, 1.54) is 6.42 Å². The third kappa shape index (κ3) is 3.48. The van der Waals surface area contributed by atoms with E-state index in [-0.39, 0.29) is 30.4 Å². The molecule has 1 amide bonds. The van der Waals surface area contributed by atoms with Crippen molar-refractivity contribution in [2.75, 3.05) is 6.54 Å². The number of aryl methyl sites for hydroxylation is 1. The van der Waals surface area contributed by atoms with Gasteiger partial charge in [0.2, 0.25) is 0 Å². The maximum absolute atomic E-state index is 12.6. The number of nitrogens with zero attached hydrogens (tertiary/aromatic N) is 1. The van der Waals surface area contributed by atoms with Crippen molar-refractivity contribution in [2.45, 2.75) is 45.2 Å². The highest BCUT2D eigenvalue weighted by atomic mass is 35.5. The van der Waals surface area contributed by atoms with Crippen molar-refractivity contribution in [3.05, 3.63) is 35.4 Å². The molecule has 1 heterocycles. The Hall–Kier alpha value is -1.06. The molecular weight excluding hydrogens is 260 g/mol. The summed E-state index contributed by atoms with van der Waals surface area (Å²) in [6.07, 6.45) is 3.28. The van der Waals surface area contributed by atoms with Crippen LogP contribution < -0.4 is 5.73 Å². The van der Waals surface area contributed by atoms with Crippen molar-refractivity contribution in [3.8, 4) is 0 Å². The Labute approximate surface area is 121 Å². The van der Waals surface area contributed by atoms with Crippen LogP contribution in [0.15, 0.2) is 24.3 Å². The molecule has 2 N–H and O–H groups in total. The van der Waals surface area contributed by atoms with Gasteiger partial charge < -0.3 is 10.6 Å². The van der Waals surface area contributed by atoms with Crippen LogP contribution in [-0.2, 0) is 0 Å². The average molecular weight is 283 g/mol. The van der Waals surface area contributed by atoms with Crippen molar-refractivity contribution in [3.63, 3.8) is 0 Å². The van der Waals surface area contributed by atoms with Crippen LogP contribution in [0.4, 0.5) is 0 Å². The van der Waals surface area contributed by atoms with Crippen molar-refractivity contribution in [1.82, 2.24) is 4.90 Å². The Morgan fingerprint density at radius 2 is 2.05 bits per heavy atom. The summed E-state index contributed by atoms with van der Waals surface area (Å²) in [6, 6.07) is 8.00. The smallest absolute Gasteiger partial charge is 0.254 e. The zero-order valence-corrected chi connectivity index (χ0v) is 12.5. The number of piperidine rings is 1. The second-order valence-corrected chi connectivity index (χ2v) is 5.24. The fraction of sp³-hybridized carbons (Fsp3) is 0.533. The predicted octanol–water partition coefficient (Wildman–Crippen LogP) is 2.76. The summed E-state index contributed by atoms with van der Waals surface area (Å²) in [7, 11) is 0. The van der Waals surface area contributed by atoms with Crippen LogP contribution in [0.1, 0.15) is 42.1 Å². The topological polar surface area (TPSA) is 46.3 Å². The minimum absolute atomic E-state index is 0. The van der Waals surface area contributed by atoms with Gasteiger partial charge in [-0.3, -0.25) is 4.79 Å². The molecule has 1 aliphatic heterocycles. The van der Waals surface area contributed by atoms with E-state index in [0.717, 1.165) is 30.5 Å². The van der Waals surface area contributed by atoms with Gasteiger partial charge in [-0.1, -0.05) is 18.2 Å². The van der Waals surface area contributed by atoms with Gasteiger partial charge in [-0.2, -0.15) is 0 Å². The van der Waals surface area contributed by atoms with E-state index in [2.05, 4.69) is 0 Å². The first-order valence-corrected chi connectivity index (χ1v) is 6.73. The normalized spacial score (nSPS) is 20.6. The van der Waals surface area contributed by atoms with Crippen LogP contribution in [0.25, 0.3) is 0 Å². The van der Waals surface area contributed by atoms with Crippen LogP contribution in [-0.4, -0.2) is 29.4 Å². The zero-order valence-electron chi connectivity index (χ0n) is 11.6. The number of amides is 1. The fourth-order valence-corrected chi connectivity index (χ4v) is 2.72. The Morgan fingerprint density at radius 1 is 1.37 bits per heavy atom. The summed E-state index contributed by atoms with van der Waals surface area (Å²) in [5, 5.41) is 0. The molecule has 106 valence electrons. The van der Waals surface area contributed by atoms with Crippen LogP contribution >= 0.6 is 12.4 Å². The minimum atomic E-state index is 0. The molecule has 0 saturated carbocycles.